The van der Waals surface area contributed by atoms with Gasteiger partial charge in [-0.3, -0.25) is 9.78 Å². The Balaban J connectivity index is 2.75. The molecule has 0 aliphatic carbocycles. The van der Waals surface area contributed by atoms with Crippen LogP contribution in [0.2, 0.25) is 0 Å². The van der Waals surface area contributed by atoms with E-state index in [4.69, 9.17) is 15.6 Å². The van der Waals surface area contributed by atoms with E-state index in [1.54, 1.807) is 0 Å². The van der Waals surface area contributed by atoms with Gasteiger partial charge in [-0.25, -0.2) is 4.79 Å². The third-order valence-corrected chi connectivity index (χ3v) is 2.59. The molecule has 1 rings (SSSR count). The molecule has 1 atom stereocenters. The van der Waals surface area contributed by atoms with E-state index in [1.807, 2.05) is 13.8 Å². The molecule has 1 amide bonds. The van der Waals surface area contributed by atoms with E-state index in [9.17, 15) is 9.59 Å². The number of carboxylic acid groups (broad SMARTS) is 1. The Morgan fingerprint density at radius 2 is 2.11 bits per heavy atom. The molecule has 0 bridgehead atoms. The summed E-state index contributed by atoms with van der Waals surface area (Å²) in [5.74, 6) is -2.12. The number of ether oxygens (including phenoxy) is 1. The van der Waals surface area contributed by atoms with E-state index >= 15 is 0 Å². The molecule has 1 unspecified atom stereocenters. The van der Waals surface area contributed by atoms with Gasteiger partial charge in [0.25, 0.3) is 0 Å². The molecule has 0 aromatic carbocycles. The average molecular weight is 266 g/mol. The first-order valence-corrected chi connectivity index (χ1v) is 6.02. The third kappa shape index (κ3) is 4.67. The van der Waals surface area contributed by atoms with Crippen LogP contribution in [0.15, 0.2) is 18.3 Å². The maximum Gasteiger partial charge on any atom is 0.337 e. The zero-order valence-electron chi connectivity index (χ0n) is 11.0. The summed E-state index contributed by atoms with van der Waals surface area (Å²) in [6.07, 6.45) is 1.72. The molecule has 104 valence electrons. The Morgan fingerprint density at radius 3 is 2.53 bits per heavy atom. The summed E-state index contributed by atoms with van der Waals surface area (Å²) < 4.78 is 5.38. The number of primary amides is 1. The zero-order valence-corrected chi connectivity index (χ0v) is 11.0. The maximum absolute atomic E-state index is 11.4. The Hall–Kier alpha value is -1.95. The predicted octanol–water partition coefficient (Wildman–Crippen LogP) is 1.16. The summed E-state index contributed by atoms with van der Waals surface area (Å²) in [6.45, 7) is 4.20. The number of carbonyl (C=O) groups excluding carboxylic acids is 1. The summed E-state index contributed by atoms with van der Waals surface area (Å²) in [6, 6.07) is 2.91. The normalized spacial score (nSPS) is 12.4. The van der Waals surface area contributed by atoms with E-state index in [1.165, 1.54) is 18.3 Å². The van der Waals surface area contributed by atoms with Crippen molar-refractivity contribution < 1.29 is 19.4 Å². The molecule has 0 radical (unpaired) electrons. The SMILES string of the molecule is CC(C)OCCC(C(N)=O)c1ccc(C(=O)O)cn1. The second-order valence-corrected chi connectivity index (χ2v) is 4.44. The highest BCUT2D eigenvalue weighted by atomic mass is 16.5. The van der Waals surface area contributed by atoms with Gasteiger partial charge in [-0.2, -0.15) is 0 Å². The monoisotopic (exact) mass is 266 g/mol. The minimum Gasteiger partial charge on any atom is -0.478 e. The molecule has 1 aromatic heterocycles. The quantitative estimate of drug-likeness (QED) is 0.771. The van der Waals surface area contributed by atoms with Crippen molar-refractivity contribution in [1.29, 1.82) is 0 Å². The molecule has 6 heteroatoms. The van der Waals surface area contributed by atoms with Gasteiger partial charge < -0.3 is 15.6 Å². The van der Waals surface area contributed by atoms with Crippen LogP contribution in [-0.4, -0.2) is 34.7 Å². The van der Waals surface area contributed by atoms with Crippen LogP contribution in [0, 0.1) is 0 Å². The summed E-state index contributed by atoms with van der Waals surface area (Å²) in [5, 5.41) is 8.77. The van der Waals surface area contributed by atoms with Crippen LogP contribution < -0.4 is 5.73 Å². The molecular formula is C13H18N2O4. The first-order chi connectivity index (χ1) is 8.91. The number of aromatic carboxylic acids is 1. The summed E-state index contributed by atoms with van der Waals surface area (Å²) >= 11 is 0. The Labute approximate surface area is 111 Å². The van der Waals surface area contributed by atoms with Crippen LogP contribution in [0.3, 0.4) is 0 Å². The molecule has 1 aromatic rings. The number of carbonyl (C=O) groups is 2. The second kappa shape index (κ2) is 6.84. The molecule has 0 spiro atoms. The highest BCUT2D eigenvalue weighted by Crippen LogP contribution is 2.18. The number of hydrogen-bond acceptors (Lipinski definition) is 4. The number of nitrogens with zero attached hydrogens (tertiary/aromatic N) is 1. The van der Waals surface area contributed by atoms with Crippen LogP contribution in [0.4, 0.5) is 0 Å². The summed E-state index contributed by atoms with van der Waals surface area (Å²) in [4.78, 5) is 26.1. The van der Waals surface area contributed by atoms with Gasteiger partial charge in [0, 0.05) is 12.8 Å². The first kappa shape index (κ1) is 15.1. The van der Waals surface area contributed by atoms with Gasteiger partial charge in [-0.15, -0.1) is 0 Å². The molecule has 0 fully saturated rings. The van der Waals surface area contributed by atoms with Crippen molar-refractivity contribution in [3.8, 4) is 0 Å². The lowest BCUT2D eigenvalue weighted by atomic mass is 10.00. The molecule has 0 aliphatic rings. The maximum atomic E-state index is 11.4. The van der Waals surface area contributed by atoms with Crippen LogP contribution >= 0.6 is 0 Å². The summed E-state index contributed by atoms with van der Waals surface area (Å²) in [5.41, 5.74) is 5.87. The Bertz CT molecular complexity index is 442. The Morgan fingerprint density at radius 1 is 1.42 bits per heavy atom. The molecule has 0 saturated heterocycles. The minimum absolute atomic E-state index is 0.0744. The minimum atomic E-state index is -1.06. The van der Waals surface area contributed by atoms with Crippen LogP contribution in [0.5, 0.6) is 0 Å². The molecular weight excluding hydrogens is 248 g/mol. The number of aromatic nitrogens is 1. The Kier molecular flexibility index (Phi) is 5.44. The van der Waals surface area contributed by atoms with Crippen molar-refractivity contribution in [2.75, 3.05) is 6.61 Å². The van der Waals surface area contributed by atoms with E-state index in [2.05, 4.69) is 4.98 Å². The summed E-state index contributed by atoms with van der Waals surface area (Å²) in [7, 11) is 0. The molecule has 19 heavy (non-hydrogen) atoms. The van der Waals surface area contributed by atoms with Crippen molar-refractivity contribution >= 4 is 11.9 Å². The number of carboxylic acids is 1. The zero-order chi connectivity index (χ0) is 14.4. The van der Waals surface area contributed by atoms with E-state index in [0.29, 0.717) is 18.7 Å². The number of amides is 1. The van der Waals surface area contributed by atoms with Crippen LogP contribution in [0.25, 0.3) is 0 Å². The van der Waals surface area contributed by atoms with E-state index < -0.39 is 17.8 Å². The molecule has 0 aliphatic heterocycles. The predicted molar refractivity (Wildman–Crippen MR) is 68.8 cm³/mol. The fourth-order valence-electron chi connectivity index (χ4n) is 1.60. The fraction of sp³-hybridized carbons (Fsp3) is 0.462. The van der Waals surface area contributed by atoms with Crippen molar-refractivity contribution in [1.82, 2.24) is 4.98 Å². The van der Waals surface area contributed by atoms with Crippen molar-refractivity contribution in [3.63, 3.8) is 0 Å². The standard InChI is InChI=1S/C13H18N2O4/c1-8(2)19-6-5-10(12(14)16)11-4-3-9(7-15-11)13(17)18/h3-4,7-8,10H,5-6H2,1-2H3,(H2,14,16)(H,17,18). The van der Waals surface area contributed by atoms with Gasteiger partial charge in [0.2, 0.25) is 5.91 Å². The lowest BCUT2D eigenvalue weighted by Gasteiger charge is -2.14. The molecule has 3 N–H and O–H groups in total. The van der Waals surface area contributed by atoms with Gasteiger partial charge in [0.05, 0.1) is 23.3 Å². The number of hydrogen-bond donors (Lipinski definition) is 2. The third-order valence-electron chi connectivity index (χ3n) is 2.59. The molecule has 1 heterocycles. The largest absolute Gasteiger partial charge is 0.478 e. The van der Waals surface area contributed by atoms with Gasteiger partial charge in [-0.1, -0.05) is 0 Å². The van der Waals surface area contributed by atoms with Gasteiger partial charge in [0.1, 0.15) is 0 Å². The van der Waals surface area contributed by atoms with Gasteiger partial charge >= 0.3 is 5.97 Å². The molecule has 0 saturated carbocycles. The van der Waals surface area contributed by atoms with Crippen molar-refractivity contribution in [3.05, 3.63) is 29.6 Å². The number of rotatable bonds is 7. The topological polar surface area (TPSA) is 103 Å². The van der Waals surface area contributed by atoms with Crippen molar-refractivity contribution in [2.45, 2.75) is 32.3 Å². The van der Waals surface area contributed by atoms with Crippen LogP contribution in [-0.2, 0) is 9.53 Å². The smallest absolute Gasteiger partial charge is 0.337 e. The average Bonchev–Trinajstić information content (AvgIpc) is 2.34. The first-order valence-electron chi connectivity index (χ1n) is 6.02. The number of nitrogens with two attached hydrogens (primary N) is 1. The van der Waals surface area contributed by atoms with Gasteiger partial charge in [0.15, 0.2) is 0 Å². The van der Waals surface area contributed by atoms with Crippen LogP contribution in [0.1, 0.15) is 42.2 Å². The fourth-order valence-corrected chi connectivity index (χ4v) is 1.60. The van der Waals surface area contributed by atoms with E-state index in [-0.39, 0.29) is 11.7 Å². The van der Waals surface area contributed by atoms with Crippen molar-refractivity contribution in [2.24, 2.45) is 5.73 Å². The lowest BCUT2D eigenvalue weighted by Crippen LogP contribution is -2.24. The van der Waals surface area contributed by atoms with E-state index in [0.717, 1.165) is 0 Å². The molecule has 6 nitrogen and oxygen atoms in total. The lowest BCUT2D eigenvalue weighted by molar-refractivity contribution is -0.120. The van der Waals surface area contributed by atoms with Gasteiger partial charge in [-0.05, 0) is 32.4 Å². The number of pyridine rings is 1. The highest BCUT2D eigenvalue weighted by molar-refractivity contribution is 5.87. The second-order valence-electron chi connectivity index (χ2n) is 4.44. The highest BCUT2D eigenvalue weighted by Gasteiger charge is 2.19.